The second kappa shape index (κ2) is 4.52. The number of anilines is 1. The van der Waals surface area contributed by atoms with Crippen LogP contribution in [0.5, 0.6) is 0 Å². The van der Waals surface area contributed by atoms with Crippen LogP contribution in [0.15, 0.2) is 41.3 Å². The van der Waals surface area contributed by atoms with Gasteiger partial charge in [0.1, 0.15) is 5.82 Å². The SMILES string of the molecule is Brc1cnc(N2CC(c3nnc4ccccn34)C2)nc1. The molecule has 0 radical (unpaired) electrons. The average molecular weight is 331 g/mol. The van der Waals surface area contributed by atoms with Crippen LogP contribution in [0.4, 0.5) is 5.95 Å². The third-order valence-electron chi connectivity index (χ3n) is 3.48. The van der Waals surface area contributed by atoms with Gasteiger partial charge in [-0.2, -0.15) is 0 Å². The van der Waals surface area contributed by atoms with Crippen molar-refractivity contribution >= 4 is 27.5 Å². The molecule has 0 bridgehead atoms. The van der Waals surface area contributed by atoms with Gasteiger partial charge >= 0.3 is 0 Å². The van der Waals surface area contributed by atoms with Gasteiger partial charge in [0.25, 0.3) is 0 Å². The van der Waals surface area contributed by atoms with Crippen molar-refractivity contribution in [3.63, 3.8) is 0 Å². The van der Waals surface area contributed by atoms with E-state index in [1.165, 1.54) is 0 Å². The molecule has 0 atom stereocenters. The van der Waals surface area contributed by atoms with Crippen molar-refractivity contribution in [3.8, 4) is 0 Å². The monoisotopic (exact) mass is 330 g/mol. The lowest BCUT2D eigenvalue weighted by Crippen LogP contribution is -2.46. The summed E-state index contributed by atoms with van der Waals surface area (Å²) in [4.78, 5) is 10.7. The highest BCUT2D eigenvalue weighted by Crippen LogP contribution is 2.28. The summed E-state index contributed by atoms with van der Waals surface area (Å²) in [7, 11) is 0. The first-order valence-corrected chi connectivity index (χ1v) is 7.13. The maximum absolute atomic E-state index is 4.30. The van der Waals surface area contributed by atoms with Gasteiger partial charge in [-0.3, -0.25) is 4.40 Å². The van der Waals surface area contributed by atoms with Crippen molar-refractivity contribution in [2.75, 3.05) is 18.0 Å². The molecule has 0 aliphatic carbocycles. The first kappa shape index (κ1) is 11.8. The summed E-state index contributed by atoms with van der Waals surface area (Å²) < 4.78 is 2.94. The minimum absolute atomic E-state index is 0.375. The molecule has 4 rings (SSSR count). The molecule has 0 N–H and O–H groups in total. The Morgan fingerprint density at radius 1 is 1.10 bits per heavy atom. The number of fused-ring (bicyclic) bond motifs is 1. The van der Waals surface area contributed by atoms with Gasteiger partial charge in [0, 0.05) is 31.7 Å². The first-order valence-electron chi connectivity index (χ1n) is 6.33. The van der Waals surface area contributed by atoms with Crippen LogP contribution < -0.4 is 4.90 Å². The molecule has 0 spiro atoms. The molecule has 1 aliphatic heterocycles. The van der Waals surface area contributed by atoms with Crippen molar-refractivity contribution in [1.29, 1.82) is 0 Å². The van der Waals surface area contributed by atoms with Gasteiger partial charge in [-0.05, 0) is 28.1 Å². The quantitative estimate of drug-likeness (QED) is 0.718. The molecule has 3 aromatic heterocycles. The lowest BCUT2D eigenvalue weighted by atomic mass is 10.00. The molecule has 0 saturated carbocycles. The van der Waals surface area contributed by atoms with E-state index < -0.39 is 0 Å². The van der Waals surface area contributed by atoms with E-state index >= 15 is 0 Å². The molecule has 4 heterocycles. The molecule has 0 amide bonds. The Labute approximate surface area is 123 Å². The fourth-order valence-electron chi connectivity index (χ4n) is 2.41. The molecule has 6 nitrogen and oxygen atoms in total. The van der Waals surface area contributed by atoms with E-state index in [1.54, 1.807) is 12.4 Å². The Balaban J connectivity index is 1.55. The topological polar surface area (TPSA) is 59.2 Å². The number of halogens is 1. The lowest BCUT2D eigenvalue weighted by Gasteiger charge is -2.38. The van der Waals surface area contributed by atoms with Crippen LogP contribution in [0.3, 0.4) is 0 Å². The zero-order chi connectivity index (χ0) is 13.5. The molecule has 1 fully saturated rings. The maximum atomic E-state index is 4.30. The molecule has 1 saturated heterocycles. The van der Waals surface area contributed by atoms with Crippen LogP contribution in [-0.2, 0) is 0 Å². The van der Waals surface area contributed by atoms with Gasteiger partial charge in [0.2, 0.25) is 5.95 Å². The fraction of sp³-hybridized carbons (Fsp3) is 0.231. The van der Waals surface area contributed by atoms with Crippen molar-refractivity contribution < 1.29 is 0 Å². The van der Waals surface area contributed by atoms with Gasteiger partial charge in [-0.25, -0.2) is 9.97 Å². The van der Waals surface area contributed by atoms with Crippen LogP contribution in [0.25, 0.3) is 5.65 Å². The van der Waals surface area contributed by atoms with Crippen molar-refractivity contribution in [2.24, 2.45) is 0 Å². The van der Waals surface area contributed by atoms with Crippen LogP contribution in [-0.4, -0.2) is 37.7 Å². The maximum Gasteiger partial charge on any atom is 0.225 e. The van der Waals surface area contributed by atoms with Crippen molar-refractivity contribution in [2.45, 2.75) is 5.92 Å². The van der Waals surface area contributed by atoms with Gasteiger partial charge < -0.3 is 4.90 Å². The molecule has 20 heavy (non-hydrogen) atoms. The smallest absolute Gasteiger partial charge is 0.225 e. The van der Waals surface area contributed by atoms with Crippen molar-refractivity contribution in [1.82, 2.24) is 24.6 Å². The summed E-state index contributed by atoms with van der Waals surface area (Å²) in [6, 6.07) is 5.93. The second-order valence-electron chi connectivity index (χ2n) is 4.79. The minimum Gasteiger partial charge on any atom is -0.339 e. The number of rotatable bonds is 2. The van der Waals surface area contributed by atoms with E-state index in [-0.39, 0.29) is 0 Å². The number of hydrogen-bond acceptors (Lipinski definition) is 5. The zero-order valence-electron chi connectivity index (χ0n) is 10.5. The molecule has 7 heteroatoms. The summed E-state index contributed by atoms with van der Waals surface area (Å²) in [6.07, 6.45) is 5.54. The number of pyridine rings is 1. The van der Waals surface area contributed by atoms with E-state index in [0.717, 1.165) is 35.0 Å². The molecule has 100 valence electrons. The number of nitrogens with zero attached hydrogens (tertiary/aromatic N) is 6. The van der Waals surface area contributed by atoms with E-state index in [2.05, 4.69) is 41.0 Å². The third-order valence-corrected chi connectivity index (χ3v) is 3.89. The Kier molecular flexibility index (Phi) is 2.66. The first-order chi connectivity index (χ1) is 9.81. The summed E-state index contributed by atoms with van der Waals surface area (Å²) in [6.45, 7) is 1.74. The normalized spacial score (nSPS) is 15.6. The Morgan fingerprint density at radius 2 is 1.90 bits per heavy atom. The highest BCUT2D eigenvalue weighted by atomic mass is 79.9. The Morgan fingerprint density at radius 3 is 2.70 bits per heavy atom. The Hall–Kier alpha value is -2.02. The highest BCUT2D eigenvalue weighted by Gasteiger charge is 2.33. The molecule has 3 aromatic rings. The summed E-state index contributed by atoms with van der Waals surface area (Å²) in [5, 5.41) is 8.49. The summed E-state index contributed by atoms with van der Waals surface area (Å²) in [5.41, 5.74) is 0.890. The van der Waals surface area contributed by atoms with Gasteiger partial charge in [0.15, 0.2) is 5.65 Å². The Bertz CT molecular complexity index is 747. The fourth-order valence-corrected chi connectivity index (χ4v) is 2.62. The molecular weight excluding hydrogens is 320 g/mol. The molecular formula is C13H11BrN6. The summed E-state index contributed by atoms with van der Waals surface area (Å²) >= 11 is 3.34. The van der Waals surface area contributed by atoms with Crippen LogP contribution in [0.2, 0.25) is 0 Å². The van der Waals surface area contributed by atoms with E-state index in [0.29, 0.717) is 5.92 Å². The molecule has 1 aliphatic rings. The second-order valence-corrected chi connectivity index (χ2v) is 5.71. The average Bonchev–Trinajstić information content (AvgIpc) is 2.84. The van der Waals surface area contributed by atoms with Gasteiger partial charge in [-0.1, -0.05) is 6.07 Å². The van der Waals surface area contributed by atoms with Crippen LogP contribution in [0.1, 0.15) is 11.7 Å². The standard InChI is InChI=1S/C13H11BrN6/c14-10-5-15-13(16-6-10)19-7-9(8-19)12-18-17-11-3-1-2-4-20(11)12/h1-6,9H,7-8H2. The lowest BCUT2D eigenvalue weighted by molar-refractivity contribution is 0.487. The van der Waals surface area contributed by atoms with E-state index in [4.69, 9.17) is 0 Å². The van der Waals surface area contributed by atoms with E-state index in [1.807, 2.05) is 28.8 Å². The molecule has 0 aromatic carbocycles. The predicted octanol–water partition coefficient (Wildman–Crippen LogP) is 1.89. The third kappa shape index (κ3) is 1.85. The zero-order valence-corrected chi connectivity index (χ0v) is 12.1. The van der Waals surface area contributed by atoms with E-state index in [9.17, 15) is 0 Å². The van der Waals surface area contributed by atoms with Crippen molar-refractivity contribution in [3.05, 3.63) is 47.1 Å². The highest BCUT2D eigenvalue weighted by molar-refractivity contribution is 9.10. The number of aromatic nitrogens is 5. The molecule has 0 unspecified atom stereocenters. The van der Waals surface area contributed by atoms with Gasteiger partial charge in [0.05, 0.1) is 10.4 Å². The largest absolute Gasteiger partial charge is 0.339 e. The minimum atomic E-state index is 0.375. The van der Waals surface area contributed by atoms with Gasteiger partial charge in [-0.15, -0.1) is 10.2 Å². The van der Waals surface area contributed by atoms with Crippen LogP contribution >= 0.6 is 15.9 Å². The predicted molar refractivity (Wildman–Crippen MR) is 77.7 cm³/mol. The summed E-state index contributed by atoms with van der Waals surface area (Å²) in [5.74, 6) is 2.15. The number of hydrogen-bond donors (Lipinski definition) is 0. The van der Waals surface area contributed by atoms with Crippen LogP contribution in [0, 0.1) is 0 Å².